The molecule has 0 amide bonds. The van der Waals surface area contributed by atoms with Gasteiger partial charge in [0, 0.05) is 10.8 Å². The van der Waals surface area contributed by atoms with Crippen LogP contribution in [0, 0.1) is 0 Å². The van der Waals surface area contributed by atoms with Crippen LogP contribution in [0.2, 0.25) is 0 Å². The van der Waals surface area contributed by atoms with E-state index in [1.807, 2.05) is 24.3 Å². The molecule has 3 N–H and O–H groups in total. The van der Waals surface area contributed by atoms with Crippen molar-refractivity contribution in [1.29, 1.82) is 0 Å². The van der Waals surface area contributed by atoms with Gasteiger partial charge < -0.3 is 14.0 Å². The van der Waals surface area contributed by atoms with Gasteiger partial charge in [-0.15, -0.1) is 0 Å². The molecule has 7 aromatic carbocycles. The summed E-state index contributed by atoms with van der Waals surface area (Å²) in [5.74, 6) is 2.89. The zero-order chi connectivity index (χ0) is 32.3. The average Bonchev–Trinajstić information content (AvgIpc) is 3.50. The second-order valence-electron chi connectivity index (χ2n) is 12.7. The van der Waals surface area contributed by atoms with Gasteiger partial charge in [0.25, 0.3) is 0 Å². The molecule has 6 heteroatoms. The first kappa shape index (κ1) is 28.1. The van der Waals surface area contributed by atoms with E-state index in [2.05, 4.69) is 154 Å². The third kappa shape index (κ3) is 4.85. The van der Waals surface area contributed by atoms with E-state index in [-0.39, 0.29) is 18.6 Å². The van der Waals surface area contributed by atoms with Gasteiger partial charge in [0.15, 0.2) is 23.0 Å². The first-order valence-corrected chi connectivity index (χ1v) is 16.7. The van der Waals surface area contributed by atoms with Crippen molar-refractivity contribution in [3.63, 3.8) is 0 Å². The summed E-state index contributed by atoms with van der Waals surface area (Å²) in [6.45, 7) is 0. The van der Waals surface area contributed by atoms with Gasteiger partial charge in [-0.05, 0) is 75.5 Å². The lowest BCUT2D eigenvalue weighted by molar-refractivity contribution is 0.161. The molecule has 6 nitrogen and oxygen atoms in total. The van der Waals surface area contributed by atoms with Crippen LogP contribution in [0.1, 0.15) is 29.7 Å². The van der Waals surface area contributed by atoms with Gasteiger partial charge in [0.1, 0.15) is 6.29 Å². The van der Waals surface area contributed by atoms with Crippen LogP contribution in [-0.4, -0.2) is 4.57 Å². The maximum atomic E-state index is 6.43. The highest BCUT2D eigenvalue weighted by atomic mass is 16.6. The van der Waals surface area contributed by atoms with Crippen LogP contribution in [0.15, 0.2) is 158 Å². The minimum atomic E-state index is -0.185. The number of nitrogens with one attached hydrogen (secondary N) is 3. The third-order valence-corrected chi connectivity index (χ3v) is 9.75. The maximum Gasteiger partial charge on any atom is 0.170 e. The Morgan fingerprint density at radius 3 is 1.63 bits per heavy atom. The van der Waals surface area contributed by atoms with Crippen molar-refractivity contribution in [3.8, 4) is 34.1 Å². The second-order valence-corrected chi connectivity index (χ2v) is 12.7. The van der Waals surface area contributed by atoms with Crippen molar-refractivity contribution in [2.75, 3.05) is 0 Å². The molecule has 0 radical (unpaired) electrons. The highest BCUT2D eigenvalue weighted by Crippen LogP contribution is 2.48. The van der Waals surface area contributed by atoms with Gasteiger partial charge in [-0.3, -0.25) is 16.0 Å². The van der Waals surface area contributed by atoms with Gasteiger partial charge in [-0.25, -0.2) is 0 Å². The number of benzene rings is 7. The molecule has 8 aromatic rings. The topological polar surface area (TPSA) is 59.5 Å². The zero-order valence-corrected chi connectivity index (χ0v) is 26.5. The van der Waals surface area contributed by atoms with Crippen molar-refractivity contribution < 1.29 is 9.47 Å². The number of para-hydroxylation sites is 1. The van der Waals surface area contributed by atoms with E-state index in [4.69, 9.17) is 9.47 Å². The van der Waals surface area contributed by atoms with Gasteiger partial charge in [-0.2, -0.15) is 0 Å². The van der Waals surface area contributed by atoms with E-state index >= 15 is 0 Å². The molecule has 1 saturated heterocycles. The molecule has 0 saturated carbocycles. The number of ether oxygens (including phenoxy) is 2. The lowest BCUT2D eigenvalue weighted by Crippen LogP contribution is -2.56. The molecule has 10 rings (SSSR count). The summed E-state index contributed by atoms with van der Waals surface area (Å²) in [6, 6.07) is 55.1. The monoisotopic (exact) mass is 636 g/mol. The lowest BCUT2D eigenvalue weighted by atomic mass is 10.0. The molecule has 0 bridgehead atoms. The fraction of sp³-hybridized carbons (Fsp3) is 0.0698. The summed E-state index contributed by atoms with van der Waals surface area (Å²) in [5, 5.41) is 16.2. The molecule has 3 heterocycles. The summed E-state index contributed by atoms with van der Waals surface area (Å²) < 4.78 is 15.1. The number of aromatic nitrogens is 1. The predicted octanol–water partition coefficient (Wildman–Crippen LogP) is 10.1. The van der Waals surface area contributed by atoms with Crippen molar-refractivity contribution in [3.05, 3.63) is 169 Å². The lowest BCUT2D eigenvalue weighted by Gasteiger charge is -2.40. The zero-order valence-electron chi connectivity index (χ0n) is 26.5. The molecule has 236 valence electrons. The van der Waals surface area contributed by atoms with Crippen LogP contribution >= 0.6 is 0 Å². The minimum Gasteiger partial charge on any atom is -0.449 e. The first-order chi connectivity index (χ1) is 24.2. The Hall–Kier alpha value is -5.92. The normalized spacial score (nSPS) is 18.5. The fourth-order valence-corrected chi connectivity index (χ4v) is 7.36. The Morgan fingerprint density at radius 1 is 0.408 bits per heavy atom. The van der Waals surface area contributed by atoms with E-state index in [0.29, 0.717) is 11.5 Å². The maximum absolute atomic E-state index is 6.43. The Kier molecular flexibility index (Phi) is 6.52. The summed E-state index contributed by atoms with van der Waals surface area (Å²) in [6.07, 6.45) is -0.307. The Balaban J connectivity index is 1.05. The average molecular weight is 637 g/mol. The minimum absolute atomic E-state index is 0.0611. The smallest absolute Gasteiger partial charge is 0.170 e. The molecule has 1 fully saturated rings. The van der Waals surface area contributed by atoms with Crippen LogP contribution in [0.4, 0.5) is 0 Å². The first-order valence-electron chi connectivity index (χ1n) is 16.7. The molecular formula is C43H32N4O2. The molecule has 49 heavy (non-hydrogen) atoms. The number of rotatable bonds is 4. The van der Waals surface area contributed by atoms with Gasteiger partial charge in [-0.1, -0.05) is 115 Å². The Bertz CT molecular complexity index is 2460. The van der Waals surface area contributed by atoms with Crippen LogP contribution < -0.4 is 25.4 Å². The summed E-state index contributed by atoms with van der Waals surface area (Å²) in [4.78, 5) is 0. The van der Waals surface area contributed by atoms with Gasteiger partial charge >= 0.3 is 0 Å². The highest BCUT2D eigenvalue weighted by molar-refractivity contribution is 6.09. The van der Waals surface area contributed by atoms with Crippen molar-refractivity contribution in [2.24, 2.45) is 0 Å². The molecule has 0 aliphatic carbocycles. The SMILES string of the molecule is c1ccc(C2NC(c3ccccc3)NC(n3c4ccccc4c4cc(-c5ccc6c(c5)Oc5cc7ccccc7cc5O6)ccc43)N2)cc1. The number of fused-ring (bicyclic) bond motifs is 6. The Morgan fingerprint density at radius 2 is 0.939 bits per heavy atom. The number of hydrogen-bond donors (Lipinski definition) is 3. The predicted molar refractivity (Wildman–Crippen MR) is 196 cm³/mol. The summed E-state index contributed by atoms with van der Waals surface area (Å²) >= 11 is 0. The van der Waals surface area contributed by atoms with Gasteiger partial charge in [0.05, 0.1) is 23.4 Å². The van der Waals surface area contributed by atoms with E-state index < -0.39 is 0 Å². The molecular weight excluding hydrogens is 604 g/mol. The molecule has 2 atom stereocenters. The number of nitrogens with zero attached hydrogens (tertiary/aromatic N) is 1. The van der Waals surface area contributed by atoms with E-state index in [1.54, 1.807) is 0 Å². The third-order valence-electron chi connectivity index (χ3n) is 9.75. The van der Waals surface area contributed by atoms with Crippen LogP contribution in [-0.2, 0) is 0 Å². The quantitative estimate of drug-likeness (QED) is 0.180. The highest BCUT2D eigenvalue weighted by Gasteiger charge is 2.31. The van der Waals surface area contributed by atoms with Crippen molar-refractivity contribution >= 4 is 32.6 Å². The Labute approximate surface area is 283 Å². The largest absolute Gasteiger partial charge is 0.449 e. The van der Waals surface area contributed by atoms with Crippen LogP contribution in [0.3, 0.4) is 0 Å². The molecule has 2 aliphatic heterocycles. The van der Waals surface area contributed by atoms with E-state index in [9.17, 15) is 0 Å². The fourth-order valence-electron chi connectivity index (χ4n) is 7.36. The summed E-state index contributed by atoms with van der Waals surface area (Å²) in [5.41, 5.74) is 6.86. The van der Waals surface area contributed by atoms with Crippen LogP contribution in [0.5, 0.6) is 23.0 Å². The van der Waals surface area contributed by atoms with E-state index in [0.717, 1.165) is 44.4 Å². The summed E-state index contributed by atoms with van der Waals surface area (Å²) in [7, 11) is 0. The van der Waals surface area contributed by atoms with Crippen LogP contribution in [0.25, 0.3) is 43.7 Å². The molecule has 0 spiro atoms. The van der Waals surface area contributed by atoms with Gasteiger partial charge in [0.2, 0.25) is 0 Å². The van der Waals surface area contributed by atoms with Crippen molar-refractivity contribution in [2.45, 2.75) is 18.6 Å². The standard InChI is InChI=1S/C43H32N4O2/c1-3-11-27(12-4-1)41-44-42(28-13-5-2-6-14-28)46-43(45-41)47-35-18-10-9-17-33(35)34-23-31(19-21-36(34)47)32-20-22-37-38(26-32)49-40-25-30-16-8-7-15-29(30)24-39(40)48-37/h1-26,41-46H. The number of hydrogen-bond acceptors (Lipinski definition) is 5. The van der Waals surface area contributed by atoms with Crippen molar-refractivity contribution in [1.82, 2.24) is 20.5 Å². The molecule has 2 aliphatic rings. The molecule has 1 aromatic heterocycles. The molecule has 2 unspecified atom stereocenters. The van der Waals surface area contributed by atoms with E-state index in [1.165, 1.54) is 21.9 Å². The second kappa shape index (κ2) is 11.4.